The fourth-order valence-electron chi connectivity index (χ4n) is 2.39. The van der Waals surface area contributed by atoms with Gasteiger partial charge in [0.1, 0.15) is 23.0 Å². The molecule has 1 heterocycles. The molecule has 2 aromatic rings. The van der Waals surface area contributed by atoms with Crippen LogP contribution in [0.3, 0.4) is 0 Å². The maximum atomic E-state index is 14.6. The molecule has 1 aromatic heterocycles. The largest absolute Gasteiger partial charge is 0.433 e. The van der Waals surface area contributed by atoms with E-state index in [2.05, 4.69) is 11.6 Å². The lowest BCUT2D eigenvalue weighted by molar-refractivity contribution is -0.282. The number of nitrogens with zero attached hydrogens (tertiary/aromatic N) is 2. The fraction of sp³-hybridized carbons (Fsp3) is 0.368. The SMILES string of the molecule is C=C(OOCCCC)Oc1cc(F)c(-c2ncc(C(F)(F)F)n(C)c2=O)cc1C. The molecule has 0 bridgehead atoms. The Balaban J connectivity index is 2.29. The van der Waals surface area contributed by atoms with Gasteiger partial charge in [0.2, 0.25) is 0 Å². The van der Waals surface area contributed by atoms with Gasteiger partial charge in [0.05, 0.1) is 12.8 Å². The van der Waals surface area contributed by atoms with E-state index in [0.717, 1.165) is 26.0 Å². The minimum atomic E-state index is -4.76. The van der Waals surface area contributed by atoms with E-state index in [9.17, 15) is 22.4 Å². The van der Waals surface area contributed by atoms with Gasteiger partial charge in [0.15, 0.2) is 0 Å². The minimum absolute atomic E-state index is 0.0408. The second kappa shape index (κ2) is 9.08. The van der Waals surface area contributed by atoms with E-state index >= 15 is 0 Å². The summed E-state index contributed by atoms with van der Waals surface area (Å²) in [7, 11) is 0.943. The number of hydrogen-bond acceptors (Lipinski definition) is 5. The summed E-state index contributed by atoms with van der Waals surface area (Å²) < 4.78 is 58.9. The zero-order valence-corrected chi connectivity index (χ0v) is 16.1. The molecular formula is C19H20F4N2O4. The number of ether oxygens (including phenoxy) is 1. The van der Waals surface area contributed by atoms with Crippen molar-refractivity contribution in [3.05, 3.63) is 58.3 Å². The number of benzene rings is 1. The Morgan fingerprint density at radius 2 is 2.00 bits per heavy atom. The van der Waals surface area contributed by atoms with Crippen LogP contribution in [0.1, 0.15) is 31.0 Å². The Hall–Kier alpha value is -2.88. The van der Waals surface area contributed by atoms with Gasteiger partial charge in [-0.05, 0) is 31.6 Å². The van der Waals surface area contributed by atoms with E-state index in [0.29, 0.717) is 22.9 Å². The van der Waals surface area contributed by atoms with Gasteiger partial charge in [-0.3, -0.25) is 9.68 Å². The first-order chi connectivity index (χ1) is 13.6. The van der Waals surface area contributed by atoms with Crippen molar-refractivity contribution in [2.75, 3.05) is 6.61 Å². The van der Waals surface area contributed by atoms with Crippen LogP contribution in [0.4, 0.5) is 17.6 Å². The van der Waals surface area contributed by atoms with Gasteiger partial charge < -0.3 is 9.30 Å². The first kappa shape index (κ1) is 22.4. The molecule has 158 valence electrons. The summed E-state index contributed by atoms with van der Waals surface area (Å²) >= 11 is 0. The van der Waals surface area contributed by atoms with Gasteiger partial charge in [0.25, 0.3) is 5.56 Å². The van der Waals surface area contributed by atoms with Crippen LogP contribution in [-0.4, -0.2) is 16.2 Å². The van der Waals surface area contributed by atoms with E-state index in [4.69, 9.17) is 14.5 Å². The number of alkyl halides is 3. The maximum absolute atomic E-state index is 14.6. The number of unbranched alkanes of at least 4 members (excludes halogenated alkanes) is 1. The number of rotatable bonds is 8. The summed E-state index contributed by atoms with van der Waals surface area (Å²) in [5.74, 6) is -1.09. The monoisotopic (exact) mass is 416 g/mol. The molecular weight excluding hydrogens is 396 g/mol. The summed E-state index contributed by atoms with van der Waals surface area (Å²) in [6.07, 6.45) is -2.60. The summed E-state index contributed by atoms with van der Waals surface area (Å²) in [5, 5.41) is 0. The molecule has 6 nitrogen and oxygen atoms in total. The molecule has 0 aliphatic heterocycles. The molecule has 29 heavy (non-hydrogen) atoms. The summed E-state index contributed by atoms with van der Waals surface area (Å²) in [5.41, 5.74) is -2.65. The summed E-state index contributed by atoms with van der Waals surface area (Å²) in [6.45, 7) is 7.35. The lowest BCUT2D eigenvalue weighted by atomic mass is 10.1. The average molecular weight is 416 g/mol. The van der Waals surface area contributed by atoms with Gasteiger partial charge in [-0.1, -0.05) is 13.3 Å². The first-order valence-electron chi connectivity index (χ1n) is 8.66. The maximum Gasteiger partial charge on any atom is 0.433 e. The Labute approximate surface area is 164 Å². The molecule has 0 amide bonds. The smallest absolute Gasteiger partial charge is 0.424 e. The van der Waals surface area contributed by atoms with Crippen LogP contribution in [0.25, 0.3) is 11.3 Å². The van der Waals surface area contributed by atoms with Crippen LogP contribution < -0.4 is 10.3 Å². The van der Waals surface area contributed by atoms with Gasteiger partial charge in [-0.15, -0.1) is 0 Å². The van der Waals surface area contributed by atoms with Crippen molar-refractivity contribution in [2.24, 2.45) is 7.05 Å². The molecule has 0 fully saturated rings. The second-order valence-corrected chi connectivity index (χ2v) is 6.18. The van der Waals surface area contributed by atoms with Crippen LogP contribution in [-0.2, 0) is 23.0 Å². The highest BCUT2D eigenvalue weighted by Crippen LogP contribution is 2.31. The Morgan fingerprint density at radius 3 is 2.62 bits per heavy atom. The van der Waals surface area contributed by atoms with Crippen molar-refractivity contribution in [2.45, 2.75) is 32.9 Å². The Bertz CT molecular complexity index is 954. The number of hydrogen-bond donors (Lipinski definition) is 0. The number of aryl methyl sites for hydroxylation is 1. The van der Waals surface area contributed by atoms with E-state index in [1.807, 2.05) is 6.92 Å². The van der Waals surface area contributed by atoms with E-state index in [1.54, 1.807) is 6.92 Å². The molecule has 10 heteroatoms. The molecule has 0 saturated carbocycles. The molecule has 0 unspecified atom stereocenters. The van der Waals surface area contributed by atoms with Gasteiger partial charge in [-0.25, -0.2) is 9.37 Å². The average Bonchev–Trinajstić information content (AvgIpc) is 2.63. The summed E-state index contributed by atoms with van der Waals surface area (Å²) in [4.78, 5) is 25.5. The molecule has 1 aromatic carbocycles. The molecule has 0 spiro atoms. The summed E-state index contributed by atoms with van der Waals surface area (Å²) in [6, 6.07) is 2.21. The third-order valence-electron chi connectivity index (χ3n) is 3.95. The van der Waals surface area contributed by atoms with Crippen LogP contribution in [0.2, 0.25) is 0 Å². The van der Waals surface area contributed by atoms with Crippen molar-refractivity contribution in [3.63, 3.8) is 0 Å². The van der Waals surface area contributed by atoms with Crippen LogP contribution in [0, 0.1) is 12.7 Å². The van der Waals surface area contributed by atoms with Gasteiger partial charge in [0, 0.05) is 18.7 Å². The van der Waals surface area contributed by atoms with Crippen molar-refractivity contribution >= 4 is 0 Å². The van der Waals surface area contributed by atoms with Crippen LogP contribution in [0.15, 0.2) is 35.6 Å². The molecule has 2 rings (SSSR count). The lowest BCUT2D eigenvalue weighted by Gasteiger charge is -2.14. The number of halogens is 4. The van der Waals surface area contributed by atoms with Crippen LogP contribution >= 0.6 is 0 Å². The van der Waals surface area contributed by atoms with Gasteiger partial charge >= 0.3 is 12.1 Å². The van der Waals surface area contributed by atoms with E-state index in [-0.39, 0.29) is 17.3 Å². The standard InChI is InChI=1S/C19H20F4N2O4/c1-5-6-7-27-29-12(3)28-15-9-14(20)13(8-11(15)2)17-18(26)25(4)16(10-24-17)19(21,22)23/h8-10H,3,5-7H2,1-2,4H3. The zero-order valence-electron chi connectivity index (χ0n) is 16.1. The quantitative estimate of drug-likeness (QED) is 0.208. The lowest BCUT2D eigenvalue weighted by Crippen LogP contribution is -2.28. The molecule has 0 radical (unpaired) electrons. The molecule has 0 N–H and O–H groups in total. The normalized spacial score (nSPS) is 11.4. The van der Waals surface area contributed by atoms with E-state index < -0.39 is 28.9 Å². The zero-order chi connectivity index (χ0) is 21.8. The minimum Gasteiger partial charge on any atom is -0.424 e. The Morgan fingerprint density at radius 1 is 1.31 bits per heavy atom. The van der Waals surface area contributed by atoms with Gasteiger partial charge in [-0.2, -0.15) is 18.1 Å². The number of aromatic nitrogens is 2. The third-order valence-corrected chi connectivity index (χ3v) is 3.95. The van der Waals surface area contributed by atoms with E-state index in [1.165, 1.54) is 6.07 Å². The highest BCUT2D eigenvalue weighted by Gasteiger charge is 2.35. The molecule has 0 atom stereocenters. The molecule has 0 aliphatic carbocycles. The van der Waals surface area contributed by atoms with Crippen LogP contribution in [0.5, 0.6) is 5.75 Å². The second-order valence-electron chi connectivity index (χ2n) is 6.18. The topological polar surface area (TPSA) is 62.6 Å². The van der Waals surface area contributed by atoms with Crippen molar-refractivity contribution < 1.29 is 32.1 Å². The highest BCUT2D eigenvalue weighted by molar-refractivity contribution is 5.62. The van der Waals surface area contributed by atoms with Crippen molar-refractivity contribution in [3.8, 4) is 17.0 Å². The van der Waals surface area contributed by atoms with Crippen molar-refractivity contribution in [1.29, 1.82) is 0 Å². The highest BCUT2D eigenvalue weighted by atomic mass is 19.4. The third kappa shape index (κ3) is 5.35. The molecule has 0 saturated heterocycles. The first-order valence-corrected chi connectivity index (χ1v) is 8.66. The molecule has 0 aliphatic rings. The fourth-order valence-corrected chi connectivity index (χ4v) is 2.39. The Kier molecular flexibility index (Phi) is 7.02. The predicted molar refractivity (Wildman–Crippen MR) is 96.3 cm³/mol. The van der Waals surface area contributed by atoms with Crippen molar-refractivity contribution in [1.82, 2.24) is 9.55 Å². The predicted octanol–water partition coefficient (Wildman–Crippen LogP) is 4.51.